The van der Waals surface area contributed by atoms with Crippen LogP contribution in [0.1, 0.15) is 46.1 Å². The first-order valence-corrected chi connectivity index (χ1v) is 8.95. The van der Waals surface area contributed by atoms with E-state index in [2.05, 4.69) is 12.2 Å². The van der Waals surface area contributed by atoms with Crippen molar-refractivity contribution >= 4 is 17.1 Å². The Morgan fingerprint density at radius 3 is 2.69 bits per heavy atom. The van der Waals surface area contributed by atoms with Gasteiger partial charge in [0.25, 0.3) is 0 Å². The lowest BCUT2D eigenvalue weighted by Crippen LogP contribution is -2.34. The van der Waals surface area contributed by atoms with Crippen LogP contribution in [0.2, 0.25) is 0 Å². The molecule has 0 bridgehead atoms. The highest BCUT2D eigenvalue weighted by atomic mass is 16.6. The quantitative estimate of drug-likeness (QED) is 0.595. The Morgan fingerprint density at radius 1 is 1.23 bits per heavy atom. The summed E-state index contributed by atoms with van der Waals surface area (Å²) in [7, 11) is 0. The summed E-state index contributed by atoms with van der Waals surface area (Å²) in [4.78, 5) is 23.8. The Morgan fingerprint density at radius 2 is 2.00 bits per heavy atom. The van der Waals surface area contributed by atoms with E-state index >= 15 is 0 Å². The second kappa shape index (κ2) is 8.74. The van der Waals surface area contributed by atoms with Crippen molar-refractivity contribution in [2.24, 2.45) is 0 Å². The van der Waals surface area contributed by atoms with Crippen LogP contribution in [0.3, 0.4) is 0 Å². The average Bonchev–Trinajstić information content (AvgIpc) is 2.54. The van der Waals surface area contributed by atoms with Crippen LogP contribution in [0.5, 0.6) is 5.75 Å². The monoisotopic (exact) mass is 361 g/mol. The molecule has 0 saturated carbocycles. The molecule has 0 aliphatic heterocycles. The van der Waals surface area contributed by atoms with Crippen LogP contribution < -0.4 is 15.7 Å². The minimum Gasteiger partial charge on any atom is -0.493 e. The van der Waals surface area contributed by atoms with E-state index in [1.54, 1.807) is 32.9 Å². The standard InChI is InChI=1S/C20H27NO5/c1-5-6-11-24-16-8-7-14-12-15(18(22)25-17(14)13-16)9-10-21-19(23)26-20(2,3)4/h7-8,12-13H,5-6,9-11H2,1-4H3,(H,21,23). The van der Waals surface area contributed by atoms with Gasteiger partial charge in [-0.25, -0.2) is 9.59 Å². The van der Waals surface area contributed by atoms with E-state index in [1.165, 1.54) is 0 Å². The van der Waals surface area contributed by atoms with E-state index < -0.39 is 17.3 Å². The molecule has 0 radical (unpaired) electrons. The Balaban J connectivity index is 2.01. The minimum absolute atomic E-state index is 0.295. The van der Waals surface area contributed by atoms with Gasteiger partial charge in [-0.05, 0) is 51.8 Å². The lowest BCUT2D eigenvalue weighted by Gasteiger charge is -2.19. The highest BCUT2D eigenvalue weighted by molar-refractivity contribution is 5.78. The first kappa shape index (κ1) is 19.8. The number of carbonyl (C=O) groups excluding carboxylic acids is 1. The summed E-state index contributed by atoms with van der Waals surface area (Å²) in [6.45, 7) is 8.42. The molecule has 1 amide bonds. The summed E-state index contributed by atoms with van der Waals surface area (Å²) >= 11 is 0. The number of benzene rings is 1. The summed E-state index contributed by atoms with van der Waals surface area (Å²) in [6, 6.07) is 7.24. The van der Waals surface area contributed by atoms with E-state index in [4.69, 9.17) is 13.9 Å². The first-order chi connectivity index (χ1) is 12.3. The van der Waals surface area contributed by atoms with Gasteiger partial charge in [0, 0.05) is 23.6 Å². The van der Waals surface area contributed by atoms with Crippen molar-refractivity contribution < 1.29 is 18.7 Å². The predicted octanol–water partition coefficient (Wildman–Crippen LogP) is 4.04. The summed E-state index contributed by atoms with van der Waals surface area (Å²) < 4.78 is 16.2. The molecule has 0 unspecified atom stereocenters. The van der Waals surface area contributed by atoms with Crippen molar-refractivity contribution in [3.8, 4) is 5.75 Å². The Kier molecular flexibility index (Phi) is 6.66. The highest BCUT2D eigenvalue weighted by Gasteiger charge is 2.16. The molecule has 0 fully saturated rings. The fourth-order valence-corrected chi connectivity index (χ4v) is 2.35. The number of hydrogen-bond acceptors (Lipinski definition) is 5. The topological polar surface area (TPSA) is 77.8 Å². The zero-order valence-corrected chi connectivity index (χ0v) is 15.9. The second-order valence-electron chi connectivity index (χ2n) is 7.14. The van der Waals surface area contributed by atoms with E-state index in [0.29, 0.717) is 36.5 Å². The Bertz CT molecular complexity index is 804. The van der Waals surface area contributed by atoms with Gasteiger partial charge < -0.3 is 19.2 Å². The van der Waals surface area contributed by atoms with Crippen molar-refractivity contribution in [3.05, 3.63) is 40.2 Å². The number of alkyl carbamates (subject to hydrolysis) is 1. The number of amides is 1. The van der Waals surface area contributed by atoms with Gasteiger partial charge >= 0.3 is 11.7 Å². The van der Waals surface area contributed by atoms with Crippen molar-refractivity contribution in [2.75, 3.05) is 13.2 Å². The number of unbranched alkanes of at least 4 members (excludes halogenated alkanes) is 1. The van der Waals surface area contributed by atoms with Gasteiger partial charge in [-0.3, -0.25) is 0 Å². The first-order valence-electron chi connectivity index (χ1n) is 8.95. The number of fused-ring (bicyclic) bond motifs is 1. The normalized spacial score (nSPS) is 11.4. The lowest BCUT2D eigenvalue weighted by molar-refractivity contribution is 0.0528. The van der Waals surface area contributed by atoms with E-state index in [0.717, 1.165) is 18.2 Å². The zero-order valence-electron chi connectivity index (χ0n) is 15.9. The molecule has 0 aliphatic rings. The van der Waals surface area contributed by atoms with Gasteiger partial charge in [0.2, 0.25) is 0 Å². The van der Waals surface area contributed by atoms with Gasteiger partial charge in [-0.1, -0.05) is 13.3 Å². The molecule has 1 aromatic carbocycles. The molecule has 2 rings (SSSR count). The van der Waals surface area contributed by atoms with Crippen LogP contribution in [0.4, 0.5) is 4.79 Å². The fraction of sp³-hybridized carbons (Fsp3) is 0.500. The van der Waals surface area contributed by atoms with Gasteiger partial charge in [0.05, 0.1) is 6.61 Å². The van der Waals surface area contributed by atoms with Gasteiger partial charge in [0.1, 0.15) is 16.9 Å². The largest absolute Gasteiger partial charge is 0.493 e. The molecule has 0 aliphatic carbocycles. The Hall–Kier alpha value is -2.50. The van der Waals surface area contributed by atoms with Crippen molar-refractivity contribution in [1.82, 2.24) is 5.32 Å². The molecule has 0 saturated heterocycles. The molecule has 0 atom stereocenters. The lowest BCUT2D eigenvalue weighted by atomic mass is 10.1. The summed E-state index contributed by atoms with van der Waals surface area (Å²) in [5, 5.41) is 3.46. The van der Waals surface area contributed by atoms with Gasteiger partial charge in [-0.15, -0.1) is 0 Å². The molecule has 142 valence electrons. The Labute approximate surface area is 153 Å². The van der Waals surface area contributed by atoms with Crippen LogP contribution >= 0.6 is 0 Å². The predicted molar refractivity (Wildman–Crippen MR) is 101 cm³/mol. The summed E-state index contributed by atoms with van der Waals surface area (Å²) in [6.07, 6.45) is 1.90. The second-order valence-corrected chi connectivity index (χ2v) is 7.14. The molecule has 1 aromatic heterocycles. The molecular weight excluding hydrogens is 334 g/mol. The van der Waals surface area contributed by atoms with Crippen molar-refractivity contribution in [2.45, 2.75) is 52.6 Å². The third-order valence-corrected chi connectivity index (χ3v) is 3.61. The van der Waals surface area contributed by atoms with Crippen LogP contribution in [0.25, 0.3) is 11.0 Å². The molecule has 1 heterocycles. The third-order valence-electron chi connectivity index (χ3n) is 3.61. The van der Waals surface area contributed by atoms with Crippen molar-refractivity contribution in [3.63, 3.8) is 0 Å². The van der Waals surface area contributed by atoms with Crippen LogP contribution in [0, 0.1) is 0 Å². The maximum atomic E-state index is 12.2. The minimum atomic E-state index is -0.553. The highest BCUT2D eigenvalue weighted by Crippen LogP contribution is 2.21. The van der Waals surface area contributed by atoms with E-state index in [-0.39, 0.29) is 0 Å². The molecular formula is C20H27NO5. The van der Waals surface area contributed by atoms with E-state index in [9.17, 15) is 9.59 Å². The molecule has 6 heteroatoms. The fourth-order valence-electron chi connectivity index (χ4n) is 2.35. The number of carbonyl (C=O) groups is 1. The van der Waals surface area contributed by atoms with Crippen molar-refractivity contribution in [1.29, 1.82) is 0 Å². The van der Waals surface area contributed by atoms with Crippen LogP contribution in [0.15, 0.2) is 33.5 Å². The van der Waals surface area contributed by atoms with Gasteiger partial charge in [0.15, 0.2) is 0 Å². The third kappa shape index (κ3) is 6.10. The maximum Gasteiger partial charge on any atom is 0.407 e. The number of rotatable bonds is 7. The number of ether oxygens (including phenoxy) is 2. The molecule has 26 heavy (non-hydrogen) atoms. The smallest absolute Gasteiger partial charge is 0.407 e. The average molecular weight is 361 g/mol. The number of nitrogens with one attached hydrogen (secondary N) is 1. The SMILES string of the molecule is CCCCOc1ccc2cc(CCNC(=O)OC(C)(C)C)c(=O)oc2c1. The van der Waals surface area contributed by atoms with Gasteiger partial charge in [-0.2, -0.15) is 0 Å². The van der Waals surface area contributed by atoms with Crippen LogP contribution in [-0.2, 0) is 11.2 Å². The van der Waals surface area contributed by atoms with E-state index in [1.807, 2.05) is 12.1 Å². The molecule has 2 aromatic rings. The van der Waals surface area contributed by atoms with Crippen LogP contribution in [-0.4, -0.2) is 24.8 Å². The number of hydrogen-bond donors (Lipinski definition) is 1. The molecule has 0 spiro atoms. The summed E-state index contributed by atoms with van der Waals surface area (Å²) in [5.41, 5.74) is 0.0402. The molecule has 1 N–H and O–H groups in total. The summed E-state index contributed by atoms with van der Waals surface area (Å²) in [5.74, 6) is 0.688. The zero-order chi connectivity index (χ0) is 19.2. The molecule has 6 nitrogen and oxygen atoms in total. The maximum absolute atomic E-state index is 12.2.